The van der Waals surface area contributed by atoms with Gasteiger partial charge in [0.25, 0.3) is 0 Å². The molecule has 0 saturated carbocycles. The number of nitrogens with one attached hydrogen (secondary N) is 1. The van der Waals surface area contributed by atoms with Crippen LogP contribution in [0, 0.1) is 5.82 Å². The van der Waals surface area contributed by atoms with Crippen molar-refractivity contribution in [3.63, 3.8) is 0 Å². The summed E-state index contributed by atoms with van der Waals surface area (Å²) in [6.07, 6.45) is 1.79. The van der Waals surface area contributed by atoms with Crippen molar-refractivity contribution < 1.29 is 9.13 Å². The SMILES string of the molecule is Fc1ccc(COc2ccc(CNCc3ccccn3)cc2)c(Cl)c1. The lowest BCUT2D eigenvalue weighted by atomic mass is 10.2. The molecule has 0 amide bonds. The van der Waals surface area contributed by atoms with Gasteiger partial charge < -0.3 is 10.1 Å². The fraction of sp³-hybridized carbons (Fsp3) is 0.150. The lowest BCUT2D eigenvalue weighted by Crippen LogP contribution is -2.13. The van der Waals surface area contributed by atoms with Gasteiger partial charge in [0.2, 0.25) is 0 Å². The smallest absolute Gasteiger partial charge is 0.124 e. The number of hydrogen-bond acceptors (Lipinski definition) is 3. The lowest BCUT2D eigenvalue weighted by Gasteiger charge is -2.09. The first-order valence-electron chi connectivity index (χ1n) is 7.97. The lowest BCUT2D eigenvalue weighted by molar-refractivity contribution is 0.306. The normalized spacial score (nSPS) is 10.6. The van der Waals surface area contributed by atoms with Gasteiger partial charge in [-0.1, -0.05) is 35.9 Å². The molecule has 3 nitrogen and oxygen atoms in total. The Labute approximate surface area is 151 Å². The molecule has 0 aliphatic carbocycles. The molecule has 1 heterocycles. The van der Waals surface area contributed by atoms with Gasteiger partial charge in [0.05, 0.1) is 10.7 Å². The van der Waals surface area contributed by atoms with Gasteiger partial charge in [0, 0.05) is 24.8 Å². The summed E-state index contributed by atoms with van der Waals surface area (Å²) < 4.78 is 18.7. The highest BCUT2D eigenvalue weighted by Gasteiger charge is 2.03. The second-order valence-corrected chi connectivity index (χ2v) is 6.00. The van der Waals surface area contributed by atoms with Crippen LogP contribution in [0.15, 0.2) is 66.9 Å². The van der Waals surface area contributed by atoms with Gasteiger partial charge in [-0.05, 0) is 42.0 Å². The average molecular weight is 357 g/mol. The highest BCUT2D eigenvalue weighted by molar-refractivity contribution is 6.31. The molecular weight excluding hydrogens is 339 g/mol. The van der Waals surface area contributed by atoms with E-state index < -0.39 is 0 Å². The molecule has 5 heteroatoms. The fourth-order valence-electron chi connectivity index (χ4n) is 2.34. The fourth-order valence-corrected chi connectivity index (χ4v) is 2.56. The first kappa shape index (κ1) is 17.4. The Kier molecular flexibility index (Phi) is 5.99. The first-order valence-corrected chi connectivity index (χ1v) is 8.35. The molecule has 0 spiro atoms. The van der Waals surface area contributed by atoms with Crippen LogP contribution in [0.5, 0.6) is 5.75 Å². The number of hydrogen-bond donors (Lipinski definition) is 1. The summed E-state index contributed by atoms with van der Waals surface area (Å²) in [4.78, 5) is 4.27. The second-order valence-electron chi connectivity index (χ2n) is 5.59. The average Bonchev–Trinajstić information content (AvgIpc) is 2.63. The van der Waals surface area contributed by atoms with Crippen molar-refractivity contribution in [2.24, 2.45) is 0 Å². The summed E-state index contributed by atoms with van der Waals surface area (Å²) >= 11 is 6.00. The number of halogens is 2. The van der Waals surface area contributed by atoms with E-state index >= 15 is 0 Å². The van der Waals surface area contributed by atoms with E-state index in [1.54, 1.807) is 12.3 Å². The Hall–Kier alpha value is -2.43. The van der Waals surface area contributed by atoms with E-state index in [-0.39, 0.29) is 5.82 Å². The molecule has 0 unspecified atom stereocenters. The van der Waals surface area contributed by atoms with Crippen LogP contribution in [0.2, 0.25) is 5.02 Å². The van der Waals surface area contributed by atoms with Crippen LogP contribution >= 0.6 is 11.6 Å². The van der Waals surface area contributed by atoms with E-state index in [1.165, 1.54) is 12.1 Å². The molecule has 3 aromatic rings. The van der Waals surface area contributed by atoms with Crippen LogP contribution in [0.1, 0.15) is 16.8 Å². The molecule has 0 bridgehead atoms. The van der Waals surface area contributed by atoms with E-state index in [2.05, 4.69) is 10.3 Å². The first-order chi connectivity index (χ1) is 12.2. The van der Waals surface area contributed by atoms with E-state index in [4.69, 9.17) is 16.3 Å². The zero-order valence-corrected chi connectivity index (χ0v) is 14.3. The summed E-state index contributed by atoms with van der Waals surface area (Å²) in [5, 5.41) is 3.72. The van der Waals surface area contributed by atoms with Crippen molar-refractivity contribution >= 4 is 11.6 Å². The molecule has 1 N–H and O–H groups in total. The third-order valence-electron chi connectivity index (χ3n) is 3.69. The van der Waals surface area contributed by atoms with Gasteiger partial charge in [-0.3, -0.25) is 4.98 Å². The van der Waals surface area contributed by atoms with Crippen LogP contribution in [-0.2, 0) is 19.7 Å². The van der Waals surface area contributed by atoms with Gasteiger partial charge >= 0.3 is 0 Å². The zero-order chi connectivity index (χ0) is 17.5. The molecule has 0 radical (unpaired) electrons. The number of benzene rings is 2. The van der Waals surface area contributed by atoms with E-state index in [9.17, 15) is 4.39 Å². The molecule has 0 aliphatic heterocycles. The van der Waals surface area contributed by atoms with Crippen LogP contribution in [0.3, 0.4) is 0 Å². The van der Waals surface area contributed by atoms with Gasteiger partial charge in [-0.15, -0.1) is 0 Å². The van der Waals surface area contributed by atoms with E-state index in [1.807, 2.05) is 42.5 Å². The molecule has 128 valence electrons. The maximum Gasteiger partial charge on any atom is 0.124 e. The van der Waals surface area contributed by atoms with Gasteiger partial charge in [0.1, 0.15) is 18.2 Å². The largest absolute Gasteiger partial charge is 0.489 e. The number of aromatic nitrogens is 1. The molecule has 25 heavy (non-hydrogen) atoms. The van der Waals surface area contributed by atoms with E-state index in [0.717, 1.165) is 35.7 Å². The highest BCUT2D eigenvalue weighted by Crippen LogP contribution is 2.20. The molecule has 1 aromatic heterocycles. The van der Waals surface area contributed by atoms with Crippen LogP contribution in [0.25, 0.3) is 0 Å². The monoisotopic (exact) mass is 356 g/mol. The summed E-state index contributed by atoms with van der Waals surface area (Å²) in [5.41, 5.74) is 2.92. The number of pyridine rings is 1. The molecule has 0 aliphatic rings. The molecule has 0 saturated heterocycles. The maximum atomic E-state index is 13.0. The Morgan fingerprint density at radius 3 is 2.56 bits per heavy atom. The minimum Gasteiger partial charge on any atom is -0.489 e. The Balaban J connectivity index is 1.48. The van der Waals surface area contributed by atoms with E-state index in [0.29, 0.717) is 11.6 Å². The standard InChI is InChI=1S/C20H18ClFN2O/c21-20-11-17(22)7-6-16(20)14-25-19-8-4-15(5-9-19)12-23-13-18-3-1-2-10-24-18/h1-11,23H,12-14H2. The topological polar surface area (TPSA) is 34.1 Å². The Bertz CT molecular complexity index is 810. The summed E-state index contributed by atoms with van der Waals surface area (Å²) in [5.74, 6) is 0.394. The molecule has 0 atom stereocenters. The molecule has 2 aromatic carbocycles. The molecule has 0 fully saturated rings. The molecular formula is C20H18ClFN2O. The van der Waals surface area contributed by atoms with Crippen molar-refractivity contribution in [3.8, 4) is 5.75 Å². The Morgan fingerprint density at radius 2 is 1.84 bits per heavy atom. The summed E-state index contributed by atoms with van der Waals surface area (Å²) in [7, 11) is 0. The minimum absolute atomic E-state index is 0.302. The quantitative estimate of drug-likeness (QED) is 0.663. The predicted octanol–water partition coefficient (Wildman–Crippen LogP) is 4.74. The van der Waals surface area contributed by atoms with Crippen LogP contribution in [0.4, 0.5) is 4.39 Å². The Morgan fingerprint density at radius 1 is 1.00 bits per heavy atom. The highest BCUT2D eigenvalue weighted by atomic mass is 35.5. The van der Waals surface area contributed by atoms with Crippen molar-refractivity contribution in [2.75, 3.05) is 0 Å². The third kappa shape index (κ3) is 5.28. The molecule has 3 rings (SSSR count). The number of rotatable bonds is 7. The maximum absolute atomic E-state index is 13.0. The second kappa shape index (κ2) is 8.60. The zero-order valence-electron chi connectivity index (χ0n) is 13.6. The van der Waals surface area contributed by atoms with Gasteiger partial charge in [-0.25, -0.2) is 4.39 Å². The summed E-state index contributed by atoms with van der Waals surface area (Å²) in [6.45, 7) is 1.78. The van der Waals surface area contributed by atoms with Crippen molar-refractivity contribution in [1.29, 1.82) is 0 Å². The minimum atomic E-state index is -0.351. The van der Waals surface area contributed by atoms with Gasteiger partial charge in [-0.2, -0.15) is 0 Å². The van der Waals surface area contributed by atoms with Crippen LogP contribution in [-0.4, -0.2) is 4.98 Å². The summed E-state index contributed by atoms with van der Waals surface area (Å²) in [6, 6.07) is 18.0. The van der Waals surface area contributed by atoms with Crippen molar-refractivity contribution in [1.82, 2.24) is 10.3 Å². The third-order valence-corrected chi connectivity index (χ3v) is 4.05. The predicted molar refractivity (Wildman–Crippen MR) is 97.0 cm³/mol. The van der Waals surface area contributed by atoms with Crippen LogP contribution < -0.4 is 10.1 Å². The number of nitrogens with zero attached hydrogens (tertiary/aromatic N) is 1. The van der Waals surface area contributed by atoms with Crippen molar-refractivity contribution in [3.05, 3.63) is 94.5 Å². The van der Waals surface area contributed by atoms with Crippen molar-refractivity contribution in [2.45, 2.75) is 19.7 Å². The van der Waals surface area contributed by atoms with Gasteiger partial charge in [0.15, 0.2) is 0 Å². The number of ether oxygens (including phenoxy) is 1.